The van der Waals surface area contributed by atoms with Gasteiger partial charge in [-0.3, -0.25) is 0 Å². The van der Waals surface area contributed by atoms with Gasteiger partial charge in [0, 0.05) is 11.9 Å². The molecule has 1 atom stereocenters. The van der Waals surface area contributed by atoms with Crippen LogP contribution in [0.25, 0.3) is 10.9 Å². The predicted octanol–water partition coefficient (Wildman–Crippen LogP) is 1.59. The van der Waals surface area contributed by atoms with Crippen LogP contribution >= 0.6 is 0 Å². The van der Waals surface area contributed by atoms with Crippen molar-refractivity contribution in [3.8, 4) is 0 Å². The van der Waals surface area contributed by atoms with Crippen molar-refractivity contribution >= 4 is 16.6 Å². The third kappa shape index (κ3) is 1.74. The molecule has 0 saturated carbocycles. The van der Waals surface area contributed by atoms with E-state index in [1.54, 1.807) is 6.20 Å². The van der Waals surface area contributed by atoms with Gasteiger partial charge in [-0.15, -0.1) is 0 Å². The first-order chi connectivity index (χ1) is 8.40. The quantitative estimate of drug-likeness (QED) is 0.849. The molecule has 1 aliphatic rings. The summed E-state index contributed by atoms with van der Waals surface area (Å²) in [6.07, 6.45) is 3.98. The highest BCUT2D eigenvalue weighted by Crippen LogP contribution is 2.30. The number of anilines is 1. The second-order valence-corrected chi connectivity index (χ2v) is 4.42. The van der Waals surface area contributed by atoms with Gasteiger partial charge in [-0.2, -0.15) is 10.2 Å². The van der Waals surface area contributed by atoms with Crippen molar-refractivity contribution in [3.63, 3.8) is 0 Å². The van der Waals surface area contributed by atoms with Gasteiger partial charge in [0.25, 0.3) is 0 Å². The molecule has 0 radical (unpaired) electrons. The highest BCUT2D eigenvalue weighted by Gasteiger charge is 2.25. The maximum Gasteiger partial charge on any atom is 0.0950 e. The molecule has 3 rings (SSSR count). The van der Waals surface area contributed by atoms with E-state index in [1.165, 1.54) is 0 Å². The molecular weight excluding hydrogens is 214 g/mol. The van der Waals surface area contributed by atoms with Crippen molar-refractivity contribution in [2.24, 2.45) is 0 Å². The molecule has 1 unspecified atom stereocenters. The summed E-state index contributed by atoms with van der Waals surface area (Å²) in [5, 5.41) is 18.7. The molecule has 0 aliphatic carbocycles. The lowest BCUT2D eigenvalue weighted by molar-refractivity contribution is 0.266. The lowest BCUT2D eigenvalue weighted by Crippen LogP contribution is -2.32. The fourth-order valence-electron chi connectivity index (χ4n) is 2.56. The number of hydrogen-bond acceptors (Lipinski definition) is 4. The largest absolute Gasteiger partial charge is 0.394 e. The molecule has 4 heteroatoms. The van der Waals surface area contributed by atoms with Crippen molar-refractivity contribution < 1.29 is 5.11 Å². The molecule has 1 aromatic carbocycles. The first-order valence-corrected chi connectivity index (χ1v) is 5.98. The van der Waals surface area contributed by atoms with Crippen LogP contribution in [0.15, 0.2) is 30.5 Å². The SMILES string of the molecule is OCC1CCCN1c1cnnc2ccccc12. The summed E-state index contributed by atoms with van der Waals surface area (Å²) in [6.45, 7) is 1.19. The van der Waals surface area contributed by atoms with Gasteiger partial charge in [-0.1, -0.05) is 18.2 Å². The number of aliphatic hydroxyl groups is 1. The Balaban J connectivity index is 2.10. The molecule has 1 aromatic heterocycles. The minimum absolute atomic E-state index is 0.205. The maximum absolute atomic E-state index is 9.39. The normalized spacial score (nSPS) is 20.1. The van der Waals surface area contributed by atoms with E-state index in [1.807, 2.05) is 18.2 Å². The minimum Gasteiger partial charge on any atom is -0.394 e. The molecule has 0 amide bonds. The van der Waals surface area contributed by atoms with Crippen LogP contribution in [0.3, 0.4) is 0 Å². The van der Waals surface area contributed by atoms with Crippen molar-refractivity contribution in [1.29, 1.82) is 0 Å². The second-order valence-electron chi connectivity index (χ2n) is 4.42. The molecular formula is C13H15N3O. The zero-order valence-corrected chi connectivity index (χ0v) is 9.58. The molecule has 0 spiro atoms. The van der Waals surface area contributed by atoms with Gasteiger partial charge in [-0.25, -0.2) is 0 Å². The van der Waals surface area contributed by atoms with Crippen molar-refractivity contribution in [1.82, 2.24) is 10.2 Å². The van der Waals surface area contributed by atoms with Crippen LogP contribution in [0, 0.1) is 0 Å². The fraction of sp³-hybridized carbons (Fsp3) is 0.385. The average molecular weight is 229 g/mol. The Labute approximate surface area is 99.9 Å². The summed E-state index contributed by atoms with van der Waals surface area (Å²) in [5.74, 6) is 0. The zero-order chi connectivity index (χ0) is 11.7. The predicted molar refractivity (Wildman–Crippen MR) is 67.0 cm³/mol. The number of aromatic nitrogens is 2. The monoisotopic (exact) mass is 229 g/mol. The van der Waals surface area contributed by atoms with Gasteiger partial charge in [0.15, 0.2) is 0 Å². The number of hydrogen-bond donors (Lipinski definition) is 1. The number of fused-ring (bicyclic) bond motifs is 1. The van der Waals surface area contributed by atoms with E-state index in [9.17, 15) is 5.11 Å². The summed E-state index contributed by atoms with van der Waals surface area (Å²) < 4.78 is 0. The number of aliphatic hydroxyl groups excluding tert-OH is 1. The standard InChI is InChI=1S/C13H15N3O/c17-9-10-4-3-7-16(10)13-8-14-15-12-6-2-1-5-11(12)13/h1-2,5-6,8,10,17H,3-4,7,9H2. The summed E-state index contributed by atoms with van der Waals surface area (Å²) in [5.41, 5.74) is 2.00. The van der Waals surface area contributed by atoms with Crippen LogP contribution in [-0.2, 0) is 0 Å². The van der Waals surface area contributed by atoms with E-state index in [4.69, 9.17) is 0 Å². The van der Waals surface area contributed by atoms with Crippen LogP contribution in [-0.4, -0.2) is 34.5 Å². The smallest absolute Gasteiger partial charge is 0.0950 e. The second kappa shape index (κ2) is 4.30. The van der Waals surface area contributed by atoms with Gasteiger partial charge in [0.05, 0.1) is 30.0 Å². The molecule has 1 saturated heterocycles. The van der Waals surface area contributed by atoms with E-state index < -0.39 is 0 Å². The van der Waals surface area contributed by atoms with Crippen LogP contribution in [0.1, 0.15) is 12.8 Å². The molecule has 1 N–H and O–H groups in total. The first kappa shape index (κ1) is 10.5. The van der Waals surface area contributed by atoms with E-state index in [0.717, 1.165) is 36.0 Å². The minimum atomic E-state index is 0.205. The van der Waals surface area contributed by atoms with Crippen LogP contribution in [0.2, 0.25) is 0 Å². The Morgan fingerprint density at radius 3 is 3.12 bits per heavy atom. The number of nitrogens with zero attached hydrogens (tertiary/aromatic N) is 3. The third-order valence-electron chi connectivity index (χ3n) is 3.42. The summed E-state index contributed by atoms with van der Waals surface area (Å²) in [4.78, 5) is 2.25. The topological polar surface area (TPSA) is 49.2 Å². The van der Waals surface area contributed by atoms with Gasteiger partial charge >= 0.3 is 0 Å². The lowest BCUT2D eigenvalue weighted by atomic mass is 10.1. The van der Waals surface area contributed by atoms with Gasteiger partial charge < -0.3 is 10.0 Å². The lowest BCUT2D eigenvalue weighted by Gasteiger charge is -2.25. The van der Waals surface area contributed by atoms with Crippen molar-refractivity contribution in [2.75, 3.05) is 18.1 Å². The number of rotatable bonds is 2. The molecule has 1 fully saturated rings. The molecule has 2 heterocycles. The van der Waals surface area contributed by atoms with Crippen molar-refractivity contribution in [3.05, 3.63) is 30.5 Å². The Morgan fingerprint density at radius 2 is 2.24 bits per heavy atom. The highest BCUT2D eigenvalue weighted by atomic mass is 16.3. The van der Waals surface area contributed by atoms with Crippen LogP contribution in [0.4, 0.5) is 5.69 Å². The molecule has 17 heavy (non-hydrogen) atoms. The van der Waals surface area contributed by atoms with E-state index in [-0.39, 0.29) is 12.6 Å². The van der Waals surface area contributed by atoms with E-state index in [2.05, 4.69) is 21.2 Å². The average Bonchev–Trinajstić information content (AvgIpc) is 2.86. The molecule has 1 aliphatic heterocycles. The Hall–Kier alpha value is -1.68. The van der Waals surface area contributed by atoms with Gasteiger partial charge in [0.1, 0.15) is 0 Å². The third-order valence-corrected chi connectivity index (χ3v) is 3.42. The molecule has 0 bridgehead atoms. The fourth-order valence-corrected chi connectivity index (χ4v) is 2.56. The molecule has 2 aromatic rings. The number of benzene rings is 1. The molecule has 88 valence electrons. The van der Waals surface area contributed by atoms with Crippen molar-refractivity contribution in [2.45, 2.75) is 18.9 Å². The first-order valence-electron chi connectivity index (χ1n) is 5.98. The molecule has 4 nitrogen and oxygen atoms in total. The van der Waals surface area contributed by atoms with E-state index >= 15 is 0 Å². The van der Waals surface area contributed by atoms with Gasteiger partial charge in [0.2, 0.25) is 0 Å². The Morgan fingerprint density at radius 1 is 1.35 bits per heavy atom. The Bertz CT molecular complexity index is 524. The zero-order valence-electron chi connectivity index (χ0n) is 9.58. The highest BCUT2D eigenvalue weighted by molar-refractivity contribution is 5.90. The van der Waals surface area contributed by atoms with Crippen LogP contribution in [0.5, 0.6) is 0 Å². The summed E-state index contributed by atoms with van der Waals surface area (Å²) >= 11 is 0. The summed E-state index contributed by atoms with van der Waals surface area (Å²) in [7, 11) is 0. The summed E-state index contributed by atoms with van der Waals surface area (Å²) in [6, 6.07) is 8.23. The van der Waals surface area contributed by atoms with Gasteiger partial charge in [-0.05, 0) is 18.9 Å². The maximum atomic E-state index is 9.39. The van der Waals surface area contributed by atoms with E-state index in [0.29, 0.717) is 0 Å². The van der Waals surface area contributed by atoms with Crippen LogP contribution < -0.4 is 4.90 Å². The Kier molecular flexibility index (Phi) is 2.65.